The molecular weight excluding hydrogens is 212 g/mol. The van der Waals surface area contributed by atoms with E-state index in [1.165, 1.54) is 44.9 Å². The average molecular weight is 240 g/mol. The summed E-state index contributed by atoms with van der Waals surface area (Å²) in [6.07, 6.45) is 12.2. The highest BCUT2D eigenvalue weighted by Gasteiger charge is 2.34. The van der Waals surface area contributed by atoms with Gasteiger partial charge in [-0.2, -0.15) is 0 Å². The van der Waals surface area contributed by atoms with E-state index in [9.17, 15) is 0 Å². The van der Waals surface area contributed by atoms with Crippen LogP contribution in [0.2, 0.25) is 0 Å². The fourth-order valence-electron chi connectivity index (χ4n) is 2.30. The summed E-state index contributed by atoms with van der Waals surface area (Å²) in [5.41, 5.74) is 0. The van der Waals surface area contributed by atoms with Gasteiger partial charge in [0.05, 0.1) is 6.61 Å². The Morgan fingerprint density at radius 3 is 2.41 bits per heavy atom. The summed E-state index contributed by atoms with van der Waals surface area (Å²) in [6.45, 7) is 8.71. The maximum absolute atomic E-state index is 5.80. The Hall–Kier alpha value is -0.340. The van der Waals surface area contributed by atoms with E-state index >= 15 is 0 Å². The van der Waals surface area contributed by atoms with Crippen molar-refractivity contribution in [3.05, 3.63) is 12.7 Å². The lowest BCUT2D eigenvalue weighted by Crippen LogP contribution is -2.26. The number of ether oxygens (including phenoxy) is 2. The molecule has 0 radical (unpaired) electrons. The van der Waals surface area contributed by atoms with Crippen LogP contribution in [0.3, 0.4) is 0 Å². The first-order valence-corrected chi connectivity index (χ1v) is 7.14. The molecule has 1 aliphatic heterocycles. The van der Waals surface area contributed by atoms with Crippen molar-refractivity contribution < 1.29 is 9.47 Å². The Kier molecular flexibility index (Phi) is 6.83. The quantitative estimate of drug-likeness (QED) is 0.438. The van der Waals surface area contributed by atoms with Crippen LogP contribution in [0.1, 0.15) is 65.2 Å². The molecule has 1 saturated heterocycles. The Bertz CT molecular complexity index is 215. The minimum Gasteiger partial charge on any atom is -0.347 e. The first-order valence-electron chi connectivity index (χ1n) is 7.14. The van der Waals surface area contributed by atoms with Gasteiger partial charge < -0.3 is 9.47 Å². The first kappa shape index (κ1) is 14.7. The zero-order valence-corrected chi connectivity index (χ0v) is 11.5. The lowest BCUT2D eigenvalue weighted by atomic mass is 10.1. The van der Waals surface area contributed by atoms with Gasteiger partial charge in [-0.05, 0) is 13.3 Å². The van der Waals surface area contributed by atoms with Gasteiger partial charge in [0, 0.05) is 6.42 Å². The summed E-state index contributed by atoms with van der Waals surface area (Å²) < 4.78 is 11.5. The molecule has 0 spiro atoms. The number of unbranched alkanes of at least 4 members (excludes halogenated alkanes) is 6. The molecule has 0 N–H and O–H groups in total. The number of rotatable bonds is 9. The van der Waals surface area contributed by atoms with Crippen LogP contribution in [-0.4, -0.2) is 18.5 Å². The summed E-state index contributed by atoms with van der Waals surface area (Å²) >= 11 is 0. The zero-order valence-electron chi connectivity index (χ0n) is 11.5. The first-order chi connectivity index (χ1) is 8.20. The fourth-order valence-corrected chi connectivity index (χ4v) is 2.30. The summed E-state index contributed by atoms with van der Waals surface area (Å²) in [6, 6.07) is 0. The molecule has 2 atom stereocenters. The molecule has 1 fully saturated rings. The Morgan fingerprint density at radius 1 is 1.18 bits per heavy atom. The molecule has 1 aliphatic rings. The zero-order chi connectivity index (χ0) is 12.6. The van der Waals surface area contributed by atoms with Crippen LogP contribution in [0, 0.1) is 0 Å². The normalized spacial score (nSPS) is 28.5. The van der Waals surface area contributed by atoms with E-state index in [1.54, 1.807) is 0 Å². The highest BCUT2D eigenvalue weighted by Crippen LogP contribution is 2.29. The van der Waals surface area contributed by atoms with Crippen molar-refractivity contribution in [1.29, 1.82) is 0 Å². The monoisotopic (exact) mass is 240 g/mol. The smallest absolute Gasteiger partial charge is 0.166 e. The predicted molar refractivity (Wildman–Crippen MR) is 72.0 cm³/mol. The van der Waals surface area contributed by atoms with E-state index in [-0.39, 0.29) is 11.9 Å². The van der Waals surface area contributed by atoms with Gasteiger partial charge in [-0.1, -0.05) is 51.5 Å². The van der Waals surface area contributed by atoms with Crippen LogP contribution in [0.15, 0.2) is 12.7 Å². The van der Waals surface area contributed by atoms with E-state index in [0.717, 1.165) is 6.42 Å². The SMILES string of the molecule is C=CC1COC(C)(CCCCCCCCC)O1. The van der Waals surface area contributed by atoms with Gasteiger partial charge in [-0.15, -0.1) is 6.58 Å². The van der Waals surface area contributed by atoms with Crippen molar-refractivity contribution in [1.82, 2.24) is 0 Å². The minimum absolute atomic E-state index is 0.0876. The molecule has 0 aromatic carbocycles. The summed E-state index contributed by atoms with van der Waals surface area (Å²) in [4.78, 5) is 0. The van der Waals surface area contributed by atoms with Crippen LogP contribution in [-0.2, 0) is 9.47 Å². The van der Waals surface area contributed by atoms with Crippen molar-refractivity contribution in [3.63, 3.8) is 0 Å². The standard InChI is InChI=1S/C15H28O2/c1-4-6-7-8-9-10-11-12-15(3)16-13-14(5-2)17-15/h5,14H,2,4,6-13H2,1,3H3. The molecule has 17 heavy (non-hydrogen) atoms. The van der Waals surface area contributed by atoms with E-state index < -0.39 is 0 Å². The van der Waals surface area contributed by atoms with Crippen LogP contribution in [0.4, 0.5) is 0 Å². The predicted octanol–water partition coefficient (Wildman–Crippen LogP) is 4.44. The van der Waals surface area contributed by atoms with Gasteiger partial charge in [-0.3, -0.25) is 0 Å². The van der Waals surface area contributed by atoms with Gasteiger partial charge in [0.25, 0.3) is 0 Å². The van der Waals surface area contributed by atoms with Crippen molar-refractivity contribution >= 4 is 0 Å². The molecule has 0 saturated carbocycles. The summed E-state index contributed by atoms with van der Waals surface area (Å²) in [7, 11) is 0. The topological polar surface area (TPSA) is 18.5 Å². The summed E-state index contributed by atoms with van der Waals surface area (Å²) in [5, 5.41) is 0. The second-order valence-corrected chi connectivity index (χ2v) is 5.21. The molecule has 2 heteroatoms. The lowest BCUT2D eigenvalue weighted by Gasteiger charge is -2.22. The van der Waals surface area contributed by atoms with E-state index in [2.05, 4.69) is 13.5 Å². The largest absolute Gasteiger partial charge is 0.347 e. The van der Waals surface area contributed by atoms with E-state index in [1.807, 2.05) is 13.0 Å². The van der Waals surface area contributed by atoms with Gasteiger partial charge in [-0.25, -0.2) is 0 Å². The van der Waals surface area contributed by atoms with Crippen LogP contribution < -0.4 is 0 Å². The number of hydrogen-bond donors (Lipinski definition) is 0. The van der Waals surface area contributed by atoms with Gasteiger partial charge >= 0.3 is 0 Å². The van der Waals surface area contributed by atoms with Crippen LogP contribution in [0.25, 0.3) is 0 Å². The second kappa shape index (κ2) is 7.88. The third kappa shape index (κ3) is 5.69. The van der Waals surface area contributed by atoms with Crippen LogP contribution >= 0.6 is 0 Å². The van der Waals surface area contributed by atoms with E-state index in [4.69, 9.17) is 9.47 Å². The molecule has 2 unspecified atom stereocenters. The van der Waals surface area contributed by atoms with Crippen molar-refractivity contribution in [2.75, 3.05) is 6.61 Å². The highest BCUT2D eigenvalue weighted by atomic mass is 16.7. The maximum atomic E-state index is 5.80. The molecule has 0 aliphatic carbocycles. The maximum Gasteiger partial charge on any atom is 0.166 e. The highest BCUT2D eigenvalue weighted by molar-refractivity contribution is 4.86. The molecule has 100 valence electrons. The molecule has 0 aromatic rings. The molecule has 0 amide bonds. The molecule has 0 bridgehead atoms. The molecule has 1 rings (SSSR count). The average Bonchev–Trinajstić information content (AvgIpc) is 2.70. The van der Waals surface area contributed by atoms with Crippen molar-refractivity contribution in [3.8, 4) is 0 Å². The van der Waals surface area contributed by atoms with Gasteiger partial charge in [0.2, 0.25) is 0 Å². The minimum atomic E-state index is -0.359. The molecular formula is C15H28O2. The van der Waals surface area contributed by atoms with Gasteiger partial charge in [0.15, 0.2) is 5.79 Å². The third-order valence-corrected chi connectivity index (χ3v) is 3.45. The van der Waals surface area contributed by atoms with E-state index in [0.29, 0.717) is 6.61 Å². The van der Waals surface area contributed by atoms with Crippen molar-refractivity contribution in [2.45, 2.75) is 77.1 Å². The van der Waals surface area contributed by atoms with Gasteiger partial charge in [0.1, 0.15) is 6.10 Å². The van der Waals surface area contributed by atoms with Crippen molar-refractivity contribution in [2.24, 2.45) is 0 Å². The molecule has 2 nitrogen and oxygen atoms in total. The lowest BCUT2D eigenvalue weighted by molar-refractivity contribution is -0.154. The molecule has 0 aromatic heterocycles. The number of hydrogen-bond acceptors (Lipinski definition) is 2. The Morgan fingerprint density at radius 2 is 1.82 bits per heavy atom. The summed E-state index contributed by atoms with van der Waals surface area (Å²) in [5.74, 6) is -0.359. The van der Waals surface area contributed by atoms with Crippen LogP contribution in [0.5, 0.6) is 0 Å². The third-order valence-electron chi connectivity index (χ3n) is 3.45. The Balaban J connectivity index is 2.00. The second-order valence-electron chi connectivity index (χ2n) is 5.21. The molecule has 1 heterocycles. The fraction of sp³-hybridized carbons (Fsp3) is 0.867. The Labute approximate surface area is 106 Å².